The molecule has 2 aliphatic heterocycles. The standard InChI is InChI=1S/C20H31NO7/c1-6-12(2)17(23)28-15-8-10-21-9-7-14(16(15)21)11-27-18(24)20(26,13(3)22)19(4,5)25/h6-7,13,15-16,22,25-26H,8-11H2,1-5H3/t13-,15-,16+,20+/m0/s1. The lowest BCUT2D eigenvalue weighted by Crippen LogP contribution is -2.63. The number of aliphatic hydroxyl groups is 3. The summed E-state index contributed by atoms with van der Waals surface area (Å²) in [5, 5.41) is 30.5. The third kappa shape index (κ3) is 4.15. The maximum absolute atomic E-state index is 12.5. The van der Waals surface area contributed by atoms with Crippen LogP contribution < -0.4 is 0 Å². The SMILES string of the molecule is CC=C(C)C(=O)O[C@H]1CCN2CC=C(COC(=O)[C@](O)([C@H](C)O)C(C)(C)O)[C@H]12. The van der Waals surface area contributed by atoms with Crippen molar-refractivity contribution < 1.29 is 34.4 Å². The van der Waals surface area contributed by atoms with E-state index in [1.807, 2.05) is 6.08 Å². The molecule has 0 aromatic carbocycles. The first-order chi connectivity index (χ1) is 12.9. The first-order valence-electron chi connectivity index (χ1n) is 9.50. The van der Waals surface area contributed by atoms with Crippen LogP contribution in [0.1, 0.15) is 41.0 Å². The number of fused-ring (bicyclic) bond motifs is 1. The zero-order valence-corrected chi connectivity index (χ0v) is 17.1. The van der Waals surface area contributed by atoms with Gasteiger partial charge in [0.1, 0.15) is 18.3 Å². The van der Waals surface area contributed by atoms with Crippen molar-refractivity contribution in [3.8, 4) is 0 Å². The monoisotopic (exact) mass is 397 g/mol. The highest BCUT2D eigenvalue weighted by Crippen LogP contribution is 2.33. The number of allylic oxidation sites excluding steroid dienone is 1. The normalized spacial score (nSPS) is 26.3. The van der Waals surface area contributed by atoms with Gasteiger partial charge in [-0.2, -0.15) is 0 Å². The highest BCUT2D eigenvalue weighted by atomic mass is 16.6. The maximum atomic E-state index is 12.5. The molecule has 0 radical (unpaired) electrons. The molecule has 0 aromatic heterocycles. The van der Waals surface area contributed by atoms with E-state index in [-0.39, 0.29) is 24.7 Å². The van der Waals surface area contributed by atoms with Crippen LogP contribution in [0, 0.1) is 0 Å². The van der Waals surface area contributed by atoms with Crippen molar-refractivity contribution in [2.24, 2.45) is 0 Å². The van der Waals surface area contributed by atoms with Crippen LogP contribution in [0.25, 0.3) is 0 Å². The van der Waals surface area contributed by atoms with Crippen molar-refractivity contribution in [3.63, 3.8) is 0 Å². The van der Waals surface area contributed by atoms with Crippen LogP contribution in [-0.4, -0.2) is 81.3 Å². The first kappa shape index (κ1) is 22.5. The largest absolute Gasteiger partial charge is 0.459 e. The van der Waals surface area contributed by atoms with Crippen LogP contribution in [0.15, 0.2) is 23.3 Å². The molecular weight excluding hydrogens is 366 g/mol. The fourth-order valence-corrected chi connectivity index (χ4v) is 3.66. The average molecular weight is 397 g/mol. The predicted molar refractivity (Wildman–Crippen MR) is 101 cm³/mol. The van der Waals surface area contributed by atoms with Crippen LogP contribution in [0.5, 0.6) is 0 Å². The molecule has 3 N–H and O–H groups in total. The molecule has 1 fully saturated rings. The summed E-state index contributed by atoms with van der Waals surface area (Å²) >= 11 is 0. The summed E-state index contributed by atoms with van der Waals surface area (Å²) in [7, 11) is 0. The number of hydrogen-bond donors (Lipinski definition) is 3. The summed E-state index contributed by atoms with van der Waals surface area (Å²) in [6, 6.07) is -0.191. The van der Waals surface area contributed by atoms with Crippen molar-refractivity contribution in [1.29, 1.82) is 0 Å². The Balaban J connectivity index is 2.06. The number of nitrogens with zero attached hydrogens (tertiary/aromatic N) is 1. The zero-order valence-electron chi connectivity index (χ0n) is 17.1. The summed E-state index contributed by atoms with van der Waals surface area (Å²) in [6.07, 6.45) is 2.40. The highest BCUT2D eigenvalue weighted by Gasteiger charge is 2.54. The molecule has 2 rings (SSSR count). The van der Waals surface area contributed by atoms with Gasteiger partial charge in [0.2, 0.25) is 5.60 Å². The molecule has 0 aliphatic carbocycles. The van der Waals surface area contributed by atoms with Gasteiger partial charge < -0.3 is 24.8 Å². The smallest absolute Gasteiger partial charge is 0.344 e. The number of ether oxygens (including phenoxy) is 2. The molecule has 0 saturated carbocycles. The molecule has 0 aromatic rings. The minimum Gasteiger partial charge on any atom is -0.459 e. The number of rotatable bonds is 7. The molecule has 2 heterocycles. The molecule has 158 valence electrons. The van der Waals surface area contributed by atoms with E-state index in [1.54, 1.807) is 19.9 Å². The van der Waals surface area contributed by atoms with E-state index >= 15 is 0 Å². The van der Waals surface area contributed by atoms with Crippen LogP contribution in [0.4, 0.5) is 0 Å². The Labute approximate surface area is 165 Å². The Morgan fingerprint density at radius 1 is 1.39 bits per heavy atom. The number of hydrogen-bond acceptors (Lipinski definition) is 8. The Kier molecular flexibility index (Phi) is 6.70. The van der Waals surface area contributed by atoms with Gasteiger partial charge in [0.25, 0.3) is 0 Å². The summed E-state index contributed by atoms with van der Waals surface area (Å²) < 4.78 is 10.9. The van der Waals surface area contributed by atoms with Gasteiger partial charge in [-0.05, 0) is 46.6 Å². The summed E-state index contributed by atoms with van der Waals surface area (Å²) in [5.74, 6) is -1.48. The van der Waals surface area contributed by atoms with E-state index in [9.17, 15) is 24.9 Å². The van der Waals surface area contributed by atoms with E-state index in [1.165, 1.54) is 20.8 Å². The molecule has 4 atom stereocenters. The number of carbonyl (C=O) groups excluding carboxylic acids is 2. The van der Waals surface area contributed by atoms with E-state index in [0.29, 0.717) is 18.5 Å². The molecule has 1 saturated heterocycles. The van der Waals surface area contributed by atoms with E-state index < -0.39 is 23.3 Å². The lowest BCUT2D eigenvalue weighted by Gasteiger charge is -2.38. The van der Waals surface area contributed by atoms with Crippen molar-refractivity contribution in [3.05, 3.63) is 23.3 Å². The van der Waals surface area contributed by atoms with Gasteiger partial charge in [0.05, 0.1) is 12.1 Å². The van der Waals surface area contributed by atoms with Crippen molar-refractivity contribution in [2.45, 2.75) is 70.5 Å². The highest BCUT2D eigenvalue weighted by molar-refractivity contribution is 5.87. The number of aliphatic hydroxyl groups excluding tert-OH is 1. The predicted octanol–water partition coefficient (Wildman–Crippen LogP) is 0.305. The molecule has 8 heteroatoms. The number of esters is 2. The molecular formula is C20H31NO7. The fourth-order valence-electron chi connectivity index (χ4n) is 3.66. The molecule has 0 amide bonds. The van der Waals surface area contributed by atoms with Crippen LogP contribution in [0.3, 0.4) is 0 Å². The molecule has 28 heavy (non-hydrogen) atoms. The Morgan fingerprint density at radius 3 is 2.57 bits per heavy atom. The second-order valence-corrected chi connectivity index (χ2v) is 8.00. The van der Waals surface area contributed by atoms with Gasteiger partial charge >= 0.3 is 11.9 Å². The zero-order chi connectivity index (χ0) is 21.3. The lowest BCUT2D eigenvalue weighted by molar-refractivity contribution is -0.213. The Hall–Kier alpha value is -1.74. The van der Waals surface area contributed by atoms with Crippen molar-refractivity contribution in [1.82, 2.24) is 4.90 Å². The van der Waals surface area contributed by atoms with E-state index in [0.717, 1.165) is 12.1 Å². The summed E-state index contributed by atoms with van der Waals surface area (Å²) in [5.41, 5.74) is -3.06. The van der Waals surface area contributed by atoms with E-state index in [4.69, 9.17) is 9.47 Å². The quantitative estimate of drug-likeness (QED) is 0.319. The fraction of sp³-hybridized carbons (Fsp3) is 0.700. The Bertz CT molecular complexity index is 677. The molecule has 0 spiro atoms. The average Bonchev–Trinajstić information content (AvgIpc) is 3.20. The van der Waals surface area contributed by atoms with Crippen molar-refractivity contribution in [2.75, 3.05) is 19.7 Å². The molecule has 2 aliphatic rings. The van der Waals surface area contributed by atoms with E-state index in [2.05, 4.69) is 4.90 Å². The van der Waals surface area contributed by atoms with Gasteiger partial charge in [0, 0.05) is 18.7 Å². The summed E-state index contributed by atoms with van der Waals surface area (Å²) in [4.78, 5) is 26.7. The molecule has 0 unspecified atom stereocenters. The third-order valence-electron chi connectivity index (χ3n) is 5.65. The minimum atomic E-state index is -2.46. The Morgan fingerprint density at radius 2 is 2.04 bits per heavy atom. The van der Waals surface area contributed by atoms with Crippen molar-refractivity contribution >= 4 is 11.9 Å². The topological polar surface area (TPSA) is 117 Å². The molecule has 0 bridgehead atoms. The third-order valence-corrected chi connectivity index (χ3v) is 5.65. The molecule has 8 nitrogen and oxygen atoms in total. The van der Waals surface area contributed by atoms with Gasteiger partial charge in [-0.25, -0.2) is 9.59 Å². The second-order valence-electron chi connectivity index (χ2n) is 8.00. The van der Waals surface area contributed by atoms with Gasteiger partial charge in [-0.15, -0.1) is 0 Å². The van der Waals surface area contributed by atoms with Crippen LogP contribution >= 0.6 is 0 Å². The van der Waals surface area contributed by atoms with Crippen LogP contribution in [-0.2, 0) is 19.1 Å². The second kappa shape index (κ2) is 8.32. The number of carbonyl (C=O) groups is 2. The first-order valence-corrected chi connectivity index (χ1v) is 9.50. The van der Waals surface area contributed by atoms with Gasteiger partial charge in [-0.3, -0.25) is 4.90 Å². The lowest BCUT2D eigenvalue weighted by atomic mass is 9.81. The van der Waals surface area contributed by atoms with Crippen LogP contribution in [0.2, 0.25) is 0 Å². The van der Waals surface area contributed by atoms with Gasteiger partial charge in [-0.1, -0.05) is 12.2 Å². The van der Waals surface area contributed by atoms with Gasteiger partial charge in [0.15, 0.2) is 0 Å². The maximum Gasteiger partial charge on any atom is 0.344 e. The minimum absolute atomic E-state index is 0.123. The summed E-state index contributed by atoms with van der Waals surface area (Å²) in [6.45, 7) is 8.42.